The first-order chi connectivity index (χ1) is 9.18. The van der Waals surface area contributed by atoms with Crippen molar-refractivity contribution in [3.63, 3.8) is 0 Å². The molecule has 1 atom stereocenters. The number of nitrogens with two attached hydrogens (primary N) is 1. The molecule has 2 rings (SSSR count). The van der Waals surface area contributed by atoms with Crippen LogP contribution >= 0.6 is 12.4 Å². The molecule has 3 nitrogen and oxygen atoms in total. The minimum atomic E-state index is -0.521. The molecule has 0 unspecified atom stereocenters. The molecule has 0 aliphatic rings. The number of amides is 1. The molecule has 0 aliphatic heterocycles. The third-order valence-corrected chi connectivity index (χ3v) is 3.09. The number of carbonyl (C=O) groups excluding carboxylic acids is 1. The van der Waals surface area contributed by atoms with Crippen molar-refractivity contribution in [2.24, 2.45) is 5.73 Å². The molecule has 2 N–H and O–H groups in total. The van der Waals surface area contributed by atoms with Gasteiger partial charge in [0.15, 0.2) is 0 Å². The summed E-state index contributed by atoms with van der Waals surface area (Å²) >= 11 is 0. The van der Waals surface area contributed by atoms with Crippen molar-refractivity contribution >= 4 is 24.0 Å². The maximum Gasteiger partial charge on any atom is 0.243 e. The maximum absolute atomic E-state index is 12.2. The maximum atomic E-state index is 12.2. The molecule has 0 radical (unpaired) electrons. The highest BCUT2D eigenvalue weighted by molar-refractivity contribution is 5.96. The van der Waals surface area contributed by atoms with Gasteiger partial charge in [-0.05, 0) is 24.1 Å². The second kappa shape index (κ2) is 7.68. The summed E-state index contributed by atoms with van der Waals surface area (Å²) in [7, 11) is 1.75. The number of halogens is 1. The molecule has 106 valence electrons. The number of likely N-dealkylation sites (N-methyl/N-ethyl adjacent to an activating group) is 1. The van der Waals surface area contributed by atoms with Gasteiger partial charge in [0, 0.05) is 12.7 Å². The summed E-state index contributed by atoms with van der Waals surface area (Å²) in [5, 5.41) is 0. The van der Waals surface area contributed by atoms with Crippen LogP contribution in [-0.2, 0) is 11.2 Å². The smallest absolute Gasteiger partial charge is 0.243 e. The van der Waals surface area contributed by atoms with Crippen LogP contribution in [0.2, 0.25) is 0 Å². The zero-order valence-electron chi connectivity index (χ0n) is 11.4. The Bertz CT molecular complexity index is 531. The SMILES string of the molecule is CN(C(=O)[C@@H](N)Cc1ccccc1)c1ccccc1.Cl. The second-order valence-corrected chi connectivity index (χ2v) is 4.53. The minimum Gasteiger partial charge on any atom is -0.320 e. The van der Waals surface area contributed by atoms with Crippen molar-refractivity contribution in [1.82, 2.24) is 0 Å². The first-order valence-electron chi connectivity index (χ1n) is 6.30. The zero-order valence-corrected chi connectivity index (χ0v) is 12.2. The van der Waals surface area contributed by atoms with Gasteiger partial charge in [0.1, 0.15) is 0 Å². The van der Waals surface area contributed by atoms with Crippen LogP contribution in [0.15, 0.2) is 60.7 Å². The number of anilines is 1. The predicted molar refractivity (Wildman–Crippen MR) is 85.2 cm³/mol. The fourth-order valence-electron chi connectivity index (χ4n) is 1.98. The van der Waals surface area contributed by atoms with Gasteiger partial charge in [0.05, 0.1) is 6.04 Å². The molecule has 0 spiro atoms. The van der Waals surface area contributed by atoms with Crippen LogP contribution in [-0.4, -0.2) is 19.0 Å². The van der Waals surface area contributed by atoms with E-state index in [1.54, 1.807) is 11.9 Å². The van der Waals surface area contributed by atoms with Gasteiger partial charge in [0.2, 0.25) is 5.91 Å². The summed E-state index contributed by atoms with van der Waals surface area (Å²) in [6.45, 7) is 0. The van der Waals surface area contributed by atoms with Gasteiger partial charge < -0.3 is 10.6 Å². The van der Waals surface area contributed by atoms with E-state index in [1.807, 2.05) is 60.7 Å². The fraction of sp³-hybridized carbons (Fsp3) is 0.188. The van der Waals surface area contributed by atoms with Crippen LogP contribution in [0.25, 0.3) is 0 Å². The van der Waals surface area contributed by atoms with Crippen molar-refractivity contribution in [2.75, 3.05) is 11.9 Å². The molecule has 0 aliphatic carbocycles. The first-order valence-corrected chi connectivity index (χ1v) is 6.30. The molecule has 2 aromatic carbocycles. The molecule has 20 heavy (non-hydrogen) atoms. The number of para-hydroxylation sites is 1. The van der Waals surface area contributed by atoms with E-state index in [-0.39, 0.29) is 18.3 Å². The lowest BCUT2D eigenvalue weighted by molar-refractivity contribution is -0.119. The number of rotatable bonds is 4. The van der Waals surface area contributed by atoms with Gasteiger partial charge >= 0.3 is 0 Å². The number of hydrogen-bond acceptors (Lipinski definition) is 2. The molecule has 2 aromatic rings. The van der Waals surface area contributed by atoms with Gasteiger partial charge in [-0.25, -0.2) is 0 Å². The van der Waals surface area contributed by atoms with Crippen LogP contribution in [0.5, 0.6) is 0 Å². The largest absolute Gasteiger partial charge is 0.320 e. The van der Waals surface area contributed by atoms with E-state index in [1.165, 1.54) is 0 Å². The van der Waals surface area contributed by atoms with Gasteiger partial charge in [-0.3, -0.25) is 4.79 Å². The lowest BCUT2D eigenvalue weighted by atomic mass is 10.1. The Balaban J connectivity index is 0.00000200. The van der Waals surface area contributed by atoms with Crippen LogP contribution in [0.1, 0.15) is 5.56 Å². The third kappa shape index (κ3) is 4.08. The Labute approximate surface area is 125 Å². The van der Waals surface area contributed by atoms with Gasteiger partial charge in [-0.1, -0.05) is 48.5 Å². The van der Waals surface area contributed by atoms with E-state index in [2.05, 4.69) is 0 Å². The van der Waals surface area contributed by atoms with E-state index in [0.29, 0.717) is 6.42 Å². The Kier molecular flexibility index (Phi) is 6.22. The third-order valence-electron chi connectivity index (χ3n) is 3.09. The molecule has 1 amide bonds. The summed E-state index contributed by atoms with van der Waals surface area (Å²) in [5.74, 6) is -0.0740. The molecule has 0 heterocycles. The van der Waals surface area contributed by atoms with Gasteiger partial charge in [-0.15, -0.1) is 12.4 Å². The van der Waals surface area contributed by atoms with Crippen molar-refractivity contribution in [3.05, 3.63) is 66.2 Å². The summed E-state index contributed by atoms with van der Waals surface area (Å²) in [5.41, 5.74) is 7.93. The predicted octanol–water partition coefficient (Wildman–Crippen LogP) is 2.64. The number of carbonyl (C=O) groups is 1. The summed E-state index contributed by atoms with van der Waals surface area (Å²) in [6.07, 6.45) is 0.552. The topological polar surface area (TPSA) is 46.3 Å². The molecule has 4 heteroatoms. The van der Waals surface area contributed by atoms with Crippen LogP contribution in [0.4, 0.5) is 5.69 Å². The van der Waals surface area contributed by atoms with Gasteiger partial charge in [-0.2, -0.15) is 0 Å². The summed E-state index contributed by atoms with van der Waals surface area (Å²) < 4.78 is 0. The zero-order chi connectivity index (χ0) is 13.7. The monoisotopic (exact) mass is 290 g/mol. The highest BCUT2D eigenvalue weighted by Gasteiger charge is 2.19. The highest BCUT2D eigenvalue weighted by Crippen LogP contribution is 2.13. The van der Waals surface area contributed by atoms with E-state index in [0.717, 1.165) is 11.3 Å². The molecule has 0 saturated heterocycles. The molecule has 0 fully saturated rings. The van der Waals surface area contributed by atoms with Crippen molar-refractivity contribution in [3.8, 4) is 0 Å². The van der Waals surface area contributed by atoms with E-state index < -0.39 is 6.04 Å². The van der Waals surface area contributed by atoms with Crippen LogP contribution in [0, 0.1) is 0 Å². The fourth-order valence-corrected chi connectivity index (χ4v) is 1.98. The van der Waals surface area contributed by atoms with Crippen LogP contribution < -0.4 is 10.6 Å². The van der Waals surface area contributed by atoms with Crippen molar-refractivity contribution in [1.29, 1.82) is 0 Å². The normalized spacial score (nSPS) is 11.3. The van der Waals surface area contributed by atoms with Crippen LogP contribution in [0.3, 0.4) is 0 Å². The number of benzene rings is 2. The number of nitrogens with zero attached hydrogens (tertiary/aromatic N) is 1. The Morgan fingerprint density at radius 3 is 2.10 bits per heavy atom. The first kappa shape index (κ1) is 16.2. The summed E-state index contributed by atoms with van der Waals surface area (Å²) in [6, 6.07) is 18.8. The molecule has 0 bridgehead atoms. The molecule has 0 aromatic heterocycles. The summed E-state index contributed by atoms with van der Waals surface area (Å²) in [4.78, 5) is 13.9. The van der Waals surface area contributed by atoms with E-state index in [4.69, 9.17) is 5.73 Å². The van der Waals surface area contributed by atoms with Crippen molar-refractivity contribution < 1.29 is 4.79 Å². The lowest BCUT2D eigenvalue weighted by Gasteiger charge is -2.21. The van der Waals surface area contributed by atoms with E-state index >= 15 is 0 Å². The van der Waals surface area contributed by atoms with Gasteiger partial charge in [0.25, 0.3) is 0 Å². The van der Waals surface area contributed by atoms with Crippen molar-refractivity contribution in [2.45, 2.75) is 12.5 Å². The molecular formula is C16H19ClN2O. The average molecular weight is 291 g/mol. The standard InChI is InChI=1S/C16H18N2O.ClH/c1-18(14-10-6-3-7-11-14)16(19)15(17)12-13-8-4-2-5-9-13;/h2-11,15H,12,17H2,1H3;1H/t15-;/m0./s1. The Hall–Kier alpha value is -1.84. The number of hydrogen-bond donors (Lipinski definition) is 1. The highest BCUT2D eigenvalue weighted by atomic mass is 35.5. The Morgan fingerprint density at radius 1 is 1.05 bits per heavy atom. The van der Waals surface area contributed by atoms with E-state index in [9.17, 15) is 4.79 Å². The molecule has 0 saturated carbocycles. The Morgan fingerprint density at radius 2 is 1.55 bits per heavy atom. The molecular weight excluding hydrogens is 272 g/mol. The lowest BCUT2D eigenvalue weighted by Crippen LogP contribution is -2.43. The second-order valence-electron chi connectivity index (χ2n) is 4.53. The average Bonchev–Trinajstić information content (AvgIpc) is 2.47. The quantitative estimate of drug-likeness (QED) is 0.941. The minimum absolute atomic E-state index is 0.